The third kappa shape index (κ3) is 2.12. The number of hydrogen-bond donors (Lipinski definition) is 0. The van der Waals surface area contributed by atoms with Gasteiger partial charge in [0.1, 0.15) is 0 Å². The van der Waals surface area contributed by atoms with Gasteiger partial charge in [0, 0.05) is 18.8 Å². The predicted molar refractivity (Wildman–Crippen MR) is 61.9 cm³/mol. The summed E-state index contributed by atoms with van der Waals surface area (Å²) in [6, 6.07) is 8.86. The standard InChI is InChI=1S/C13H16N2/c1-11-5-6-12-4-2-8-15(9-3-7-14)13(12)10-11/h5-6,10H,2-4,8-9H2,1H3. The fraction of sp³-hybridized carbons (Fsp3) is 0.462. The van der Waals surface area contributed by atoms with E-state index in [1.54, 1.807) is 0 Å². The van der Waals surface area contributed by atoms with E-state index in [9.17, 15) is 0 Å². The molecule has 0 bridgehead atoms. The van der Waals surface area contributed by atoms with E-state index >= 15 is 0 Å². The van der Waals surface area contributed by atoms with Gasteiger partial charge in [-0.3, -0.25) is 0 Å². The Balaban J connectivity index is 2.25. The summed E-state index contributed by atoms with van der Waals surface area (Å²) in [7, 11) is 0. The lowest BCUT2D eigenvalue weighted by Crippen LogP contribution is -2.30. The van der Waals surface area contributed by atoms with Crippen LogP contribution in [0, 0.1) is 18.3 Å². The van der Waals surface area contributed by atoms with Crippen molar-refractivity contribution in [1.29, 1.82) is 5.26 Å². The third-order valence-electron chi connectivity index (χ3n) is 2.95. The molecule has 0 radical (unpaired) electrons. The Morgan fingerprint density at radius 3 is 3.13 bits per heavy atom. The summed E-state index contributed by atoms with van der Waals surface area (Å²) in [5.41, 5.74) is 4.08. The normalized spacial score (nSPS) is 14.5. The lowest BCUT2D eigenvalue weighted by atomic mass is 10.00. The molecule has 0 aromatic heterocycles. The van der Waals surface area contributed by atoms with Crippen molar-refractivity contribution < 1.29 is 0 Å². The molecule has 0 unspecified atom stereocenters. The predicted octanol–water partition coefficient (Wildman–Crippen LogP) is 2.66. The number of nitriles is 1. The highest BCUT2D eigenvalue weighted by molar-refractivity contribution is 5.57. The number of aryl methyl sites for hydroxylation is 2. The number of benzene rings is 1. The maximum atomic E-state index is 8.62. The highest BCUT2D eigenvalue weighted by Gasteiger charge is 2.15. The van der Waals surface area contributed by atoms with E-state index in [-0.39, 0.29) is 0 Å². The van der Waals surface area contributed by atoms with Crippen LogP contribution in [-0.4, -0.2) is 13.1 Å². The monoisotopic (exact) mass is 200 g/mol. The molecular weight excluding hydrogens is 184 g/mol. The van der Waals surface area contributed by atoms with Gasteiger partial charge in [-0.15, -0.1) is 0 Å². The summed E-state index contributed by atoms with van der Waals surface area (Å²) in [4.78, 5) is 2.34. The van der Waals surface area contributed by atoms with Crippen LogP contribution in [0.5, 0.6) is 0 Å². The van der Waals surface area contributed by atoms with Gasteiger partial charge >= 0.3 is 0 Å². The van der Waals surface area contributed by atoms with E-state index in [0.29, 0.717) is 6.42 Å². The zero-order chi connectivity index (χ0) is 10.7. The van der Waals surface area contributed by atoms with E-state index < -0.39 is 0 Å². The highest BCUT2D eigenvalue weighted by atomic mass is 15.1. The van der Waals surface area contributed by atoms with Crippen molar-refractivity contribution in [2.24, 2.45) is 0 Å². The van der Waals surface area contributed by atoms with Crippen molar-refractivity contribution in [3.63, 3.8) is 0 Å². The Hall–Kier alpha value is -1.49. The fourth-order valence-corrected chi connectivity index (χ4v) is 2.18. The number of fused-ring (bicyclic) bond motifs is 1. The van der Waals surface area contributed by atoms with Crippen LogP contribution in [0.15, 0.2) is 18.2 Å². The summed E-state index contributed by atoms with van der Waals surface area (Å²) >= 11 is 0. The SMILES string of the molecule is Cc1ccc2c(c1)N(CCC#N)CCC2. The highest BCUT2D eigenvalue weighted by Crippen LogP contribution is 2.27. The van der Waals surface area contributed by atoms with Crippen LogP contribution in [0.4, 0.5) is 5.69 Å². The molecule has 1 aromatic rings. The molecule has 1 aromatic carbocycles. The molecule has 2 heteroatoms. The summed E-state index contributed by atoms with van der Waals surface area (Å²) in [6.45, 7) is 4.09. The van der Waals surface area contributed by atoms with Crippen molar-refractivity contribution >= 4 is 5.69 Å². The third-order valence-corrected chi connectivity index (χ3v) is 2.95. The average molecular weight is 200 g/mol. The van der Waals surface area contributed by atoms with Gasteiger partial charge in [-0.05, 0) is 37.0 Å². The van der Waals surface area contributed by atoms with Crippen LogP contribution in [0.3, 0.4) is 0 Å². The van der Waals surface area contributed by atoms with Gasteiger partial charge in [-0.1, -0.05) is 12.1 Å². The van der Waals surface area contributed by atoms with E-state index in [4.69, 9.17) is 5.26 Å². The lowest BCUT2D eigenvalue weighted by Gasteiger charge is -2.31. The van der Waals surface area contributed by atoms with E-state index in [2.05, 4.69) is 36.1 Å². The Morgan fingerprint density at radius 2 is 2.33 bits per heavy atom. The molecule has 0 atom stereocenters. The van der Waals surface area contributed by atoms with Gasteiger partial charge in [0.2, 0.25) is 0 Å². The minimum Gasteiger partial charge on any atom is -0.370 e. The molecule has 2 rings (SSSR count). The van der Waals surface area contributed by atoms with Crippen molar-refractivity contribution in [3.8, 4) is 6.07 Å². The minimum atomic E-state index is 0.618. The van der Waals surface area contributed by atoms with Gasteiger partial charge in [-0.2, -0.15) is 5.26 Å². The summed E-state index contributed by atoms with van der Waals surface area (Å²) in [5, 5.41) is 8.62. The molecule has 1 aliphatic heterocycles. The van der Waals surface area contributed by atoms with Crippen LogP contribution in [-0.2, 0) is 6.42 Å². The first-order valence-corrected chi connectivity index (χ1v) is 5.52. The molecule has 0 saturated carbocycles. The minimum absolute atomic E-state index is 0.618. The Labute approximate surface area is 91.1 Å². The van der Waals surface area contributed by atoms with E-state index in [0.717, 1.165) is 13.1 Å². The van der Waals surface area contributed by atoms with Gasteiger partial charge in [0.25, 0.3) is 0 Å². The molecule has 0 amide bonds. The second-order valence-electron chi connectivity index (χ2n) is 4.13. The first-order chi connectivity index (χ1) is 7.31. The van der Waals surface area contributed by atoms with Crippen LogP contribution in [0.1, 0.15) is 24.0 Å². The molecule has 0 aliphatic carbocycles. The van der Waals surface area contributed by atoms with Crippen LogP contribution in [0.25, 0.3) is 0 Å². The van der Waals surface area contributed by atoms with Crippen LogP contribution < -0.4 is 4.90 Å². The lowest BCUT2D eigenvalue weighted by molar-refractivity contribution is 0.694. The molecule has 0 spiro atoms. The Bertz CT molecular complexity index is 390. The van der Waals surface area contributed by atoms with E-state index in [1.807, 2.05) is 0 Å². The summed E-state index contributed by atoms with van der Waals surface area (Å²) in [5.74, 6) is 0. The molecule has 2 nitrogen and oxygen atoms in total. The second kappa shape index (κ2) is 4.35. The van der Waals surface area contributed by atoms with Crippen molar-refractivity contribution in [3.05, 3.63) is 29.3 Å². The molecule has 1 heterocycles. The molecule has 0 saturated heterocycles. The zero-order valence-electron chi connectivity index (χ0n) is 9.16. The first-order valence-electron chi connectivity index (χ1n) is 5.52. The largest absolute Gasteiger partial charge is 0.370 e. The van der Waals surface area contributed by atoms with Crippen molar-refractivity contribution in [2.75, 3.05) is 18.0 Å². The summed E-state index contributed by atoms with van der Waals surface area (Å²) in [6.07, 6.45) is 3.01. The average Bonchev–Trinajstić information content (AvgIpc) is 2.26. The van der Waals surface area contributed by atoms with Gasteiger partial charge in [-0.25, -0.2) is 0 Å². The zero-order valence-corrected chi connectivity index (χ0v) is 9.16. The molecule has 78 valence electrons. The maximum Gasteiger partial charge on any atom is 0.0640 e. The fourth-order valence-electron chi connectivity index (χ4n) is 2.18. The molecule has 1 aliphatic rings. The van der Waals surface area contributed by atoms with Gasteiger partial charge < -0.3 is 4.90 Å². The Morgan fingerprint density at radius 1 is 1.47 bits per heavy atom. The van der Waals surface area contributed by atoms with Gasteiger partial charge in [0.15, 0.2) is 0 Å². The van der Waals surface area contributed by atoms with Crippen LogP contribution in [0.2, 0.25) is 0 Å². The van der Waals surface area contributed by atoms with E-state index in [1.165, 1.54) is 29.7 Å². The quantitative estimate of drug-likeness (QED) is 0.734. The number of nitrogens with zero attached hydrogens (tertiary/aromatic N) is 2. The molecule has 0 N–H and O–H groups in total. The van der Waals surface area contributed by atoms with Crippen molar-refractivity contribution in [2.45, 2.75) is 26.2 Å². The van der Waals surface area contributed by atoms with Gasteiger partial charge in [0.05, 0.1) is 12.5 Å². The molecule has 0 fully saturated rings. The van der Waals surface area contributed by atoms with Crippen LogP contribution >= 0.6 is 0 Å². The molecular formula is C13H16N2. The van der Waals surface area contributed by atoms with Crippen molar-refractivity contribution in [1.82, 2.24) is 0 Å². The number of rotatable bonds is 2. The maximum absolute atomic E-state index is 8.62. The number of anilines is 1. The topological polar surface area (TPSA) is 27.0 Å². The Kier molecular flexibility index (Phi) is 2.91. The smallest absolute Gasteiger partial charge is 0.0640 e. The second-order valence-corrected chi connectivity index (χ2v) is 4.13. The summed E-state index contributed by atoms with van der Waals surface area (Å²) < 4.78 is 0. The number of hydrogen-bond acceptors (Lipinski definition) is 2. The molecule has 15 heavy (non-hydrogen) atoms. The first kappa shape index (κ1) is 10.0.